The van der Waals surface area contributed by atoms with Crippen molar-refractivity contribution in [2.45, 2.75) is 0 Å². The van der Waals surface area contributed by atoms with Crippen molar-refractivity contribution in [1.29, 1.82) is 0 Å². The fraction of sp³-hybridized carbons (Fsp3) is 0.0556. The highest BCUT2D eigenvalue weighted by molar-refractivity contribution is 6.35. The average Bonchev–Trinajstić information content (AvgIpc) is 2.65. The van der Waals surface area contributed by atoms with E-state index in [-0.39, 0.29) is 5.69 Å². The number of aromatic nitrogens is 2. The summed E-state index contributed by atoms with van der Waals surface area (Å²) in [6.45, 7) is 0. The minimum atomic E-state index is -0.426. The Bertz CT molecular complexity index is 950. The van der Waals surface area contributed by atoms with E-state index in [1.165, 1.54) is 12.4 Å². The average molecular weight is 389 g/mol. The van der Waals surface area contributed by atoms with Gasteiger partial charge in [0.05, 0.1) is 17.8 Å². The lowest BCUT2D eigenvalue weighted by Gasteiger charge is -2.09. The van der Waals surface area contributed by atoms with Gasteiger partial charge in [-0.2, -0.15) is 0 Å². The van der Waals surface area contributed by atoms with Crippen molar-refractivity contribution in [2.75, 3.05) is 17.7 Å². The lowest BCUT2D eigenvalue weighted by Crippen LogP contribution is -2.14. The maximum Gasteiger partial charge on any atom is 0.274 e. The Labute approximate surface area is 160 Å². The molecule has 132 valence electrons. The van der Waals surface area contributed by atoms with Crippen LogP contribution in [0.4, 0.5) is 17.2 Å². The molecule has 1 heterocycles. The molecule has 2 aromatic carbocycles. The van der Waals surface area contributed by atoms with Gasteiger partial charge in [0.25, 0.3) is 5.91 Å². The molecule has 2 N–H and O–H groups in total. The number of amides is 1. The summed E-state index contributed by atoms with van der Waals surface area (Å²) in [6.07, 6.45) is 1.30. The van der Waals surface area contributed by atoms with Gasteiger partial charge in [0.2, 0.25) is 0 Å². The van der Waals surface area contributed by atoms with E-state index in [2.05, 4.69) is 20.6 Å². The summed E-state index contributed by atoms with van der Waals surface area (Å²) >= 11 is 12.0. The van der Waals surface area contributed by atoms with Crippen LogP contribution in [0.5, 0.6) is 5.75 Å². The Morgan fingerprint density at radius 1 is 1.08 bits per heavy atom. The van der Waals surface area contributed by atoms with Crippen molar-refractivity contribution in [1.82, 2.24) is 9.97 Å². The van der Waals surface area contributed by atoms with Gasteiger partial charge in [-0.1, -0.05) is 29.3 Å². The number of methoxy groups -OCH3 is 1. The van der Waals surface area contributed by atoms with Crippen LogP contribution in [0, 0.1) is 0 Å². The summed E-state index contributed by atoms with van der Waals surface area (Å²) in [7, 11) is 1.59. The molecule has 26 heavy (non-hydrogen) atoms. The number of rotatable bonds is 5. The highest BCUT2D eigenvalue weighted by atomic mass is 35.5. The molecule has 0 aliphatic rings. The predicted molar refractivity (Wildman–Crippen MR) is 103 cm³/mol. The van der Waals surface area contributed by atoms with Gasteiger partial charge in [0.1, 0.15) is 23.6 Å². The lowest BCUT2D eigenvalue weighted by molar-refractivity contribution is 0.102. The molecule has 0 spiro atoms. The molecule has 3 aromatic rings. The third-order valence-electron chi connectivity index (χ3n) is 3.42. The van der Waals surface area contributed by atoms with Crippen molar-refractivity contribution in [2.24, 2.45) is 0 Å². The zero-order chi connectivity index (χ0) is 18.5. The van der Waals surface area contributed by atoms with Crippen molar-refractivity contribution < 1.29 is 9.53 Å². The summed E-state index contributed by atoms with van der Waals surface area (Å²) in [4.78, 5) is 20.6. The Kier molecular flexibility index (Phi) is 5.55. The smallest absolute Gasteiger partial charge is 0.274 e. The predicted octanol–water partition coefficient (Wildman–Crippen LogP) is 4.79. The first kappa shape index (κ1) is 18.0. The number of nitrogens with one attached hydrogen (secondary N) is 2. The number of carbonyl (C=O) groups is 1. The molecule has 0 saturated heterocycles. The fourth-order valence-corrected chi connectivity index (χ4v) is 2.52. The monoisotopic (exact) mass is 388 g/mol. The van der Waals surface area contributed by atoms with Crippen LogP contribution in [0.25, 0.3) is 0 Å². The Morgan fingerprint density at radius 2 is 1.92 bits per heavy atom. The summed E-state index contributed by atoms with van der Waals surface area (Å²) in [6, 6.07) is 13.7. The third kappa shape index (κ3) is 4.41. The number of benzene rings is 2. The van der Waals surface area contributed by atoms with Gasteiger partial charge in [-0.25, -0.2) is 9.97 Å². The van der Waals surface area contributed by atoms with E-state index in [0.717, 1.165) is 5.69 Å². The minimum absolute atomic E-state index is 0.182. The van der Waals surface area contributed by atoms with Crippen LogP contribution in [0.2, 0.25) is 10.0 Å². The Morgan fingerprint density at radius 3 is 2.73 bits per heavy atom. The van der Waals surface area contributed by atoms with Crippen LogP contribution in [0.15, 0.2) is 54.9 Å². The summed E-state index contributed by atoms with van der Waals surface area (Å²) in [5.41, 5.74) is 1.36. The summed E-state index contributed by atoms with van der Waals surface area (Å²) in [5.74, 6) is 0.749. The Hall–Kier alpha value is -2.83. The molecule has 0 radical (unpaired) electrons. The fourth-order valence-electron chi connectivity index (χ4n) is 2.18. The third-order valence-corrected chi connectivity index (χ3v) is 3.98. The molecule has 0 aliphatic carbocycles. The van der Waals surface area contributed by atoms with Crippen LogP contribution >= 0.6 is 23.2 Å². The topological polar surface area (TPSA) is 76.1 Å². The van der Waals surface area contributed by atoms with E-state index < -0.39 is 5.91 Å². The number of anilines is 3. The van der Waals surface area contributed by atoms with Gasteiger partial charge in [-0.05, 0) is 30.3 Å². The highest BCUT2D eigenvalue weighted by Crippen LogP contribution is 2.26. The minimum Gasteiger partial charge on any atom is -0.497 e. The van der Waals surface area contributed by atoms with Crippen molar-refractivity contribution >= 4 is 46.3 Å². The molecule has 0 bridgehead atoms. The second kappa shape index (κ2) is 8.03. The molecule has 0 fully saturated rings. The number of ether oxygens (including phenoxy) is 1. The maximum atomic E-state index is 12.4. The first-order valence-corrected chi connectivity index (χ1v) is 8.30. The number of carbonyl (C=O) groups excluding carboxylic acids is 1. The van der Waals surface area contributed by atoms with Gasteiger partial charge in [-0.3, -0.25) is 4.79 Å². The number of hydrogen-bond acceptors (Lipinski definition) is 5. The second-order valence-corrected chi connectivity index (χ2v) is 6.07. The van der Waals surface area contributed by atoms with Crippen LogP contribution < -0.4 is 15.4 Å². The van der Waals surface area contributed by atoms with Crippen LogP contribution in [-0.4, -0.2) is 23.0 Å². The molecule has 0 unspecified atom stereocenters. The lowest BCUT2D eigenvalue weighted by atomic mass is 10.2. The zero-order valence-electron chi connectivity index (χ0n) is 13.7. The first-order chi connectivity index (χ1) is 12.5. The summed E-state index contributed by atoms with van der Waals surface area (Å²) < 4.78 is 5.18. The van der Waals surface area contributed by atoms with Gasteiger partial charge >= 0.3 is 0 Å². The number of halogens is 2. The summed E-state index contributed by atoms with van der Waals surface area (Å²) in [5, 5.41) is 6.63. The molecule has 8 heteroatoms. The van der Waals surface area contributed by atoms with Crippen LogP contribution in [-0.2, 0) is 0 Å². The normalized spacial score (nSPS) is 10.3. The van der Waals surface area contributed by atoms with E-state index in [4.69, 9.17) is 27.9 Å². The molecule has 1 aromatic heterocycles. The Balaban J connectivity index is 1.77. The standard InChI is InChI=1S/C18H14Cl2N4O2/c1-26-13-4-2-3-12(8-13)23-17-9-16(21-10-22-17)18(25)24-15-7-11(19)5-6-14(15)20/h2-10H,1H3,(H,24,25)(H,21,22,23). The van der Waals surface area contributed by atoms with Crippen LogP contribution in [0.3, 0.4) is 0 Å². The highest BCUT2D eigenvalue weighted by Gasteiger charge is 2.12. The second-order valence-electron chi connectivity index (χ2n) is 5.22. The number of hydrogen-bond donors (Lipinski definition) is 2. The molecule has 0 atom stereocenters. The molecular weight excluding hydrogens is 375 g/mol. The zero-order valence-corrected chi connectivity index (χ0v) is 15.2. The molecule has 6 nitrogen and oxygen atoms in total. The molecule has 3 rings (SSSR count). The largest absolute Gasteiger partial charge is 0.497 e. The molecule has 0 aliphatic heterocycles. The van der Waals surface area contributed by atoms with E-state index >= 15 is 0 Å². The quantitative estimate of drug-likeness (QED) is 0.656. The van der Waals surface area contributed by atoms with Gasteiger partial charge in [-0.15, -0.1) is 0 Å². The number of nitrogens with zero attached hydrogens (tertiary/aromatic N) is 2. The van der Waals surface area contributed by atoms with Crippen LogP contribution in [0.1, 0.15) is 10.5 Å². The van der Waals surface area contributed by atoms with E-state index in [0.29, 0.717) is 27.3 Å². The van der Waals surface area contributed by atoms with Gasteiger partial charge in [0.15, 0.2) is 0 Å². The van der Waals surface area contributed by atoms with Crippen molar-refractivity contribution in [3.05, 3.63) is 70.6 Å². The van der Waals surface area contributed by atoms with E-state index in [1.807, 2.05) is 24.3 Å². The SMILES string of the molecule is COc1cccc(Nc2cc(C(=O)Nc3cc(Cl)ccc3Cl)ncn2)c1. The van der Waals surface area contributed by atoms with E-state index in [9.17, 15) is 4.79 Å². The van der Waals surface area contributed by atoms with Crippen molar-refractivity contribution in [3.63, 3.8) is 0 Å². The maximum absolute atomic E-state index is 12.4. The first-order valence-electron chi connectivity index (χ1n) is 7.54. The van der Waals surface area contributed by atoms with Crippen molar-refractivity contribution in [3.8, 4) is 5.75 Å². The van der Waals surface area contributed by atoms with Gasteiger partial charge in [0, 0.05) is 22.8 Å². The molecule has 1 amide bonds. The van der Waals surface area contributed by atoms with E-state index in [1.54, 1.807) is 25.3 Å². The van der Waals surface area contributed by atoms with Gasteiger partial charge < -0.3 is 15.4 Å². The molecule has 0 saturated carbocycles. The molecular formula is C18H14Cl2N4O2.